The molecule has 0 radical (unpaired) electrons. The van der Waals surface area contributed by atoms with Crippen LogP contribution in [0.3, 0.4) is 0 Å². The number of aryl methyl sites for hydroxylation is 1. The molecule has 1 saturated heterocycles. The summed E-state index contributed by atoms with van der Waals surface area (Å²) in [6.45, 7) is 9.16. The molecular formula is C20H30N2O3. The van der Waals surface area contributed by atoms with Crippen LogP contribution in [0.1, 0.15) is 50.8 Å². The highest BCUT2D eigenvalue weighted by molar-refractivity contribution is 5.81. The lowest BCUT2D eigenvalue weighted by molar-refractivity contribution is -0.138. The Morgan fingerprint density at radius 2 is 1.84 bits per heavy atom. The number of methoxy groups -OCH3 is 1. The van der Waals surface area contributed by atoms with Gasteiger partial charge in [0.15, 0.2) is 0 Å². The van der Waals surface area contributed by atoms with E-state index in [-0.39, 0.29) is 29.7 Å². The molecule has 138 valence electrons. The number of benzene rings is 1. The molecule has 2 amide bonds. The number of nitrogens with zero attached hydrogens (tertiary/aromatic N) is 1. The molecule has 1 aromatic carbocycles. The van der Waals surface area contributed by atoms with Crippen molar-refractivity contribution in [2.24, 2.45) is 11.8 Å². The third-order valence-corrected chi connectivity index (χ3v) is 4.88. The van der Waals surface area contributed by atoms with Crippen LogP contribution in [0, 0.1) is 18.8 Å². The molecule has 1 unspecified atom stereocenters. The number of likely N-dealkylation sites (tertiary alicyclic amines) is 1. The standard InChI is InChI=1S/C20H30N2O3/c1-13(2)20(24)22-10-8-16(9-11-22)19(23)21-15(4)17-12-14(3)6-7-18(17)25-5/h6-7,12-13,15-16H,8-11H2,1-5H3,(H,21,23). The summed E-state index contributed by atoms with van der Waals surface area (Å²) in [7, 11) is 1.64. The average Bonchev–Trinajstić information content (AvgIpc) is 2.60. The summed E-state index contributed by atoms with van der Waals surface area (Å²) in [6.07, 6.45) is 1.45. The summed E-state index contributed by atoms with van der Waals surface area (Å²) in [6, 6.07) is 5.87. The molecule has 2 rings (SSSR count). The van der Waals surface area contributed by atoms with Crippen molar-refractivity contribution in [2.75, 3.05) is 20.2 Å². The minimum Gasteiger partial charge on any atom is -0.496 e. The Labute approximate surface area is 150 Å². The van der Waals surface area contributed by atoms with Gasteiger partial charge in [-0.2, -0.15) is 0 Å². The van der Waals surface area contributed by atoms with Crippen LogP contribution in [0.15, 0.2) is 18.2 Å². The molecule has 1 fully saturated rings. The Morgan fingerprint density at radius 3 is 2.40 bits per heavy atom. The van der Waals surface area contributed by atoms with E-state index >= 15 is 0 Å². The zero-order chi connectivity index (χ0) is 18.6. The lowest BCUT2D eigenvalue weighted by Crippen LogP contribution is -2.44. The largest absolute Gasteiger partial charge is 0.496 e. The fourth-order valence-corrected chi connectivity index (χ4v) is 3.33. The second-order valence-corrected chi connectivity index (χ2v) is 7.23. The number of amides is 2. The zero-order valence-electron chi connectivity index (χ0n) is 16.0. The van der Waals surface area contributed by atoms with Gasteiger partial charge in [0.05, 0.1) is 13.2 Å². The molecule has 0 spiro atoms. The van der Waals surface area contributed by atoms with Crippen molar-refractivity contribution in [1.82, 2.24) is 10.2 Å². The molecule has 0 bridgehead atoms. The van der Waals surface area contributed by atoms with Gasteiger partial charge in [0.1, 0.15) is 5.75 Å². The van der Waals surface area contributed by atoms with Gasteiger partial charge in [-0.15, -0.1) is 0 Å². The molecule has 0 aromatic heterocycles. The number of piperidine rings is 1. The first-order valence-corrected chi connectivity index (χ1v) is 9.07. The first-order chi connectivity index (χ1) is 11.8. The summed E-state index contributed by atoms with van der Waals surface area (Å²) < 4.78 is 5.42. The fourth-order valence-electron chi connectivity index (χ4n) is 3.33. The maximum absolute atomic E-state index is 12.6. The Balaban J connectivity index is 1.95. The quantitative estimate of drug-likeness (QED) is 0.891. The Kier molecular flexibility index (Phi) is 6.45. The third-order valence-electron chi connectivity index (χ3n) is 4.88. The predicted molar refractivity (Wildman–Crippen MR) is 98.4 cm³/mol. The molecule has 25 heavy (non-hydrogen) atoms. The van der Waals surface area contributed by atoms with E-state index in [4.69, 9.17) is 4.74 Å². The minimum atomic E-state index is -0.113. The average molecular weight is 346 g/mol. The van der Waals surface area contributed by atoms with Gasteiger partial charge in [0, 0.05) is 30.5 Å². The highest BCUT2D eigenvalue weighted by Crippen LogP contribution is 2.27. The molecule has 1 aliphatic heterocycles. The van der Waals surface area contributed by atoms with Gasteiger partial charge in [-0.3, -0.25) is 9.59 Å². The summed E-state index contributed by atoms with van der Waals surface area (Å²) in [5.41, 5.74) is 2.13. The van der Waals surface area contributed by atoms with Crippen LogP contribution in [0.2, 0.25) is 0 Å². The van der Waals surface area contributed by atoms with Crippen LogP contribution >= 0.6 is 0 Å². The maximum Gasteiger partial charge on any atom is 0.225 e. The maximum atomic E-state index is 12.6. The normalized spacial score (nSPS) is 16.6. The summed E-state index contributed by atoms with van der Waals surface area (Å²) in [5, 5.41) is 3.11. The number of nitrogens with one attached hydrogen (secondary N) is 1. The van der Waals surface area contributed by atoms with Crippen LogP contribution < -0.4 is 10.1 Å². The van der Waals surface area contributed by atoms with E-state index < -0.39 is 0 Å². The van der Waals surface area contributed by atoms with E-state index in [0.717, 1.165) is 29.7 Å². The molecular weight excluding hydrogens is 316 g/mol. The zero-order valence-corrected chi connectivity index (χ0v) is 16.0. The van der Waals surface area contributed by atoms with E-state index in [2.05, 4.69) is 5.32 Å². The van der Waals surface area contributed by atoms with Crippen molar-refractivity contribution in [3.8, 4) is 5.75 Å². The lowest BCUT2D eigenvalue weighted by atomic mass is 9.94. The van der Waals surface area contributed by atoms with Crippen molar-refractivity contribution in [3.63, 3.8) is 0 Å². The second-order valence-electron chi connectivity index (χ2n) is 7.23. The van der Waals surface area contributed by atoms with Crippen molar-refractivity contribution in [3.05, 3.63) is 29.3 Å². The molecule has 0 aliphatic carbocycles. The number of carbonyl (C=O) groups excluding carboxylic acids is 2. The van der Waals surface area contributed by atoms with Crippen molar-refractivity contribution in [1.29, 1.82) is 0 Å². The van der Waals surface area contributed by atoms with Gasteiger partial charge >= 0.3 is 0 Å². The molecule has 5 nitrogen and oxygen atoms in total. The molecule has 1 aromatic rings. The van der Waals surface area contributed by atoms with E-state index in [1.54, 1.807) is 7.11 Å². The number of hydrogen-bond acceptors (Lipinski definition) is 3. The van der Waals surface area contributed by atoms with Crippen LogP contribution in [-0.4, -0.2) is 36.9 Å². The topological polar surface area (TPSA) is 58.6 Å². The van der Waals surface area contributed by atoms with Gasteiger partial charge in [-0.05, 0) is 32.8 Å². The van der Waals surface area contributed by atoms with Crippen LogP contribution in [0.25, 0.3) is 0 Å². The monoisotopic (exact) mass is 346 g/mol. The first-order valence-electron chi connectivity index (χ1n) is 9.07. The van der Waals surface area contributed by atoms with Gasteiger partial charge in [-0.25, -0.2) is 0 Å². The van der Waals surface area contributed by atoms with Crippen LogP contribution in [0.4, 0.5) is 0 Å². The number of hydrogen-bond donors (Lipinski definition) is 1. The van der Waals surface area contributed by atoms with Crippen molar-refractivity contribution in [2.45, 2.75) is 46.6 Å². The van der Waals surface area contributed by atoms with Crippen LogP contribution in [-0.2, 0) is 9.59 Å². The Bertz CT molecular complexity index is 619. The third kappa shape index (κ3) is 4.74. The molecule has 1 aliphatic rings. The van der Waals surface area contributed by atoms with E-state index in [0.29, 0.717) is 13.1 Å². The van der Waals surface area contributed by atoms with Crippen molar-refractivity contribution >= 4 is 11.8 Å². The Hall–Kier alpha value is -2.04. The van der Waals surface area contributed by atoms with Gasteiger partial charge < -0.3 is 15.0 Å². The fraction of sp³-hybridized carbons (Fsp3) is 0.600. The smallest absolute Gasteiger partial charge is 0.225 e. The molecule has 1 atom stereocenters. The van der Waals surface area contributed by atoms with E-state index in [9.17, 15) is 9.59 Å². The van der Waals surface area contributed by atoms with Gasteiger partial charge in [0.2, 0.25) is 11.8 Å². The summed E-state index contributed by atoms with van der Waals surface area (Å²) >= 11 is 0. The predicted octanol–water partition coefficient (Wildman–Crippen LogP) is 3.08. The first kappa shape index (κ1) is 19.3. The van der Waals surface area contributed by atoms with Crippen molar-refractivity contribution < 1.29 is 14.3 Å². The molecule has 1 heterocycles. The SMILES string of the molecule is COc1ccc(C)cc1C(C)NC(=O)C1CCN(C(=O)C(C)C)CC1. The van der Waals surface area contributed by atoms with E-state index in [1.165, 1.54) is 0 Å². The highest BCUT2D eigenvalue weighted by atomic mass is 16.5. The lowest BCUT2D eigenvalue weighted by Gasteiger charge is -2.33. The second kappa shape index (κ2) is 8.37. The molecule has 1 N–H and O–H groups in total. The minimum absolute atomic E-state index is 0.0131. The number of ether oxygens (including phenoxy) is 1. The van der Waals surface area contributed by atoms with Crippen LogP contribution in [0.5, 0.6) is 5.75 Å². The summed E-state index contributed by atoms with van der Waals surface area (Å²) in [5.74, 6) is 1.01. The highest BCUT2D eigenvalue weighted by Gasteiger charge is 2.29. The summed E-state index contributed by atoms with van der Waals surface area (Å²) in [4.78, 5) is 26.5. The van der Waals surface area contributed by atoms with E-state index in [1.807, 2.05) is 50.8 Å². The molecule has 5 heteroatoms. The number of rotatable bonds is 5. The molecule has 0 saturated carbocycles. The van der Waals surface area contributed by atoms with Gasteiger partial charge in [0.25, 0.3) is 0 Å². The van der Waals surface area contributed by atoms with Gasteiger partial charge in [-0.1, -0.05) is 31.5 Å². The Morgan fingerprint density at radius 1 is 1.20 bits per heavy atom. The number of carbonyl (C=O) groups is 2.